The molecular weight excluding hydrogens is 706 g/mol. The largest absolute Gasteiger partial charge is 0.491 e. The fraction of sp³-hybridized carbons (Fsp3) is 0.643. The van der Waals surface area contributed by atoms with Crippen molar-refractivity contribution < 1.29 is 18.5 Å². The van der Waals surface area contributed by atoms with Crippen LogP contribution in [0.3, 0.4) is 0 Å². The lowest BCUT2D eigenvalue weighted by atomic mass is 9.63. The van der Waals surface area contributed by atoms with Gasteiger partial charge < -0.3 is 19.3 Å². The van der Waals surface area contributed by atoms with Crippen LogP contribution in [0.4, 0.5) is 5.69 Å². The van der Waals surface area contributed by atoms with E-state index in [1.165, 1.54) is 11.1 Å². The molecule has 5 aliphatic rings. The smallest absolute Gasteiger partial charge is 0.263 e. The number of ether oxygens (including phenoxy) is 2. The lowest BCUT2D eigenvalue weighted by Gasteiger charge is -2.53. The number of fused-ring (bicyclic) bond motifs is 3. The molecule has 53 heavy (non-hydrogen) atoms. The van der Waals surface area contributed by atoms with Gasteiger partial charge in [0.05, 0.1) is 17.5 Å². The summed E-state index contributed by atoms with van der Waals surface area (Å²) in [5.41, 5.74) is 3.52. The summed E-state index contributed by atoms with van der Waals surface area (Å²) in [7, 11) is 2.61. The normalized spacial score (nSPS) is 33.8. The van der Waals surface area contributed by atoms with Gasteiger partial charge in [-0.3, -0.25) is 19.3 Å². The number of hydrogen-bond acceptors (Lipinski definition) is 8. The molecule has 4 aliphatic heterocycles. The summed E-state index contributed by atoms with van der Waals surface area (Å²) in [5.74, 6) is 1.40. The highest BCUT2D eigenvalue weighted by Gasteiger charge is 2.49. The third-order valence-corrected chi connectivity index (χ3v) is 14.8. The van der Waals surface area contributed by atoms with Crippen LogP contribution in [0.15, 0.2) is 48.6 Å². The molecule has 7 rings (SSSR count). The van der Waals surface area contributed by atoms with E-state index in [9.17, 15) is 9.00 Å². The van der Waals surface area contributed by atoms with Crippen LogP contribution in [-0.2, 0) is 22.1 Å². The number of piperazine rings is 2. The van der Waals surface area contributed by atoms with Crippen molar-refractivity contribution in [3.63, 3.8) is 0 Å². The Balaban J connectivity index is 1.24. The molecule has 2 saturated heterocycles. The quantitative estimate of drug-likeness (QED) is 0.360. The first-order chi connectivity index (χ1) is 25.6. The van der Waals surface area contributed by atoms with Crippen LogP contribution in [0.25, 0.3) is 0 Å². The van der Waals surface area contributed by atoms with Crippen LogP contribution in [0.1, 0.15) is 73.9 Å². The molecular formula is C42H60ClN5O4S. The number of benzene rings is 2. The van der Waals surface area contributed by atoms with Gasteiger partial charge in [-0.1, -0.05) is 50.1 Å². The Morgan fingerprint density at radius 1 is 1.04 bits per heavy atom. The maximum atomic E-state index is 13.6. The number of nitrogens with one attached hydrogen (secondary N) is 1. The lowest BCUT2D eigenvalue weighted by Crippen LogP contribution is -2.64. The van der Waals surface area contributed by atoms with Crippen LogP contribution < -0.4 is 14.4 Å². The van der Waals surface area contributed by atoms with Gasteiger partial charge in [0.1, 0.15) is 22.3 Å². The fourth-order valence-corrected chi connectivity index (χ4v) is 10.8. The highest BCUT2D eigenvalue weighted by atomic mass is 35.5. The number of carbonyl (C=O) groups excluding carboxylic acids is 1. The Morgan fingerprint density at radius 3 is 2.64 bits per heavy atom. The van der Waals surface area contributed by atoms with E-state index >= 15 is 0 Å². The van der Waals surface area contributed by atoms with Gasteiger partial charge in [-0.2, -0.15) is 0 Å². The molecule has 1 saturated carbocycles. The minimum absolute atomic E-state index is 0.103. The minimum Gasteiger partial charge on any atom is -0.491 e. The van der Waals surface area contributed by atoms with E-state index in [-0.39, 0.29) is 23.0 Å². The first-order valence-corrected chi connectivity index (χ1v) is 21.6. The second kappa shape index (κ2) is 16.7. The van der Waals surface area contributed by atoms with Gasteiger partial charge in [0.15, 0.2) is 0 Å². The fourth-order valence-electron chi connectivity index (χ4n) is 9.54. The van der Waals surface area contributed by atoms with E-state index in [4.69, 9.17) is 21.1 Å². The van der Waals surface area contributed by atoms with Crippen molar-refractivity contribution in [1.82, 2.24) is 19.4 Å². The van der Waals surface area contributed by atoms with Gasteiger partial charge in [-0.05, 0) is 98.9 Å². The summed E-state index contributed by atoms with van der Waals surface area (Å²) >= 11 is 6.52. The van der Waals surface area contributed by atoms with Crippen LogP contribution >= 0.6 is 11.6 Å². The highest BCUT2D eigenvalue weighted by molar-refractivity contribution is 7.84. The zero-order valence-corrected chi connectivity index (χ0v) is 34.0. The van der Waals surface area contributed by atoms with E-state index in [0.717, 1.165) is 107 Å². The average molecular weight is 766 g/mol. The van der Waals surface area contributed by atoms with Crippen molar-refractivity contribution >= 4 is 34.2 Å². The van der Waals surface area contributed by atoms with Gasteiger partial charge >= 0.3 is 0 Å². The Morgan fingerprint density at radius 2 is 1.87 bits per heavy atom. The van der Waals surface area contributed by atoms with Crippen molar-refractivity contribution in [1.29, 1.82) is 0 Å². The predicted octanol–water partition coefficient (Wildman–Crippen LogP) is 6.00. The minimum atomic E-state index is -1.54. The second-order valence-corrected chi connectivity index (χ2v) is 18.5. The number of amides is 1. The third-order valence-electron chi connectivity index (χ3n) is 13.1. The van der Waals surface area contributed by atoms with Crippen molar-refractivity contribution in [2.75, 3.05) is 84.6 Å². The van der Waals surface area contributed by atoms with Crippen LogP contribution in [0, 0.1) is 17.8 Å². The van der Waals surface area contributed by atoms with Gasteiger partial charge in [0.2, 0.25) is 0 Å². The number of nitrogens with zero attached hydrogens (tertiary/aromatic N) is 4. The molecule has 1 N–H and O–H groups in total. The summed E-state index contributed by atoms with van der Waals surface area (Å²) in [4.78, 5) is 23.9. The molecule has 8 unspecified atom stereocenters. The molecule has 3 fully saturated rings. The Hall–Kier alpha value is -2.47. The zero-order valence-electron chi connectivity index (χ0n) is 32.4. The molecule has 2 aromatic rings. The molecule has 2 bridgehead atoms. The van der Waals surface area contributed by atoms with Crippen molar-refractivity contribution in [2.24, 2.45) is 17.8 Å². The van der Waals surface area contributed by atoms with Gasteiger partial charge in [-0.25, -0.2) is 4.21 Å². The molecule has 0 spiro atoms. The van der Waals surface area contributed by atoms with E-state index in [1.54, 1.807) is 6.07 Å². The number of aryl methyl sites for hydroxylation is 1. The highest BCUT2D eigenvalue weighted by Crippen LogP contribution is 2.47. The zero-order chi connectivity index (χ0) is 37.3. The van der Waals surface area contributed by atoms with E-state index in [1.807, 2.05) is 32.2 Å². The molecule has 2 aromatic carbocycles. The standard InChI is InChI=1S/C42H60ClN5O4S/c1-6-8-31-21-35(43)12-13-37(31)34-24-48-23-33-10-14-38(33)42(51-5,28-46-18-20-47-19-17-45(4)25-36(47)26-46)16-7-9-29(2)30(3)53(50)44-41(49)32-11-15-40(52-27-34)39(48)22-32/h7,11-13,15-16,21-22,29-30,33-34,36,38H,6,8-10,14,17-20,23-28H2,1-5H3,(H,44,49)/b16-7+. The molecule has 1 amide bonds. The maximum absolute atomic E-state index is 13.6. The van der Waals surface area contributed by atoms with Crippen LogP contribution in [0.5, 0.6) is 5.75 Å². The predicted molar refractivity (Wildman–Crippen MR) is 216 cm³/mol. The van der Waals surface area contributed by atoms with Gasteiger partial charge in [0, 0.05) is 88.6 Å². The SMILES string of the molecule is CCCc1cc(Cl)ccc1C1COc2ccc3cc2N(C1)CC1CCC1C(CN1CCN2CCN(C)CC2C1)(OC)/C=C/CC(C)C(C)S(=O)NC3=O. The second-order valence-electron chi connectivity index (χ2n) is 16.5. The first-order valence-electron chi connectivity index (χ1n) is 20.0. The Bertz CT molecular complexity index is 1680. The summed E-state index contributed by atoms with van der Waals surface area (Å²) in [6, 6.07) is 12.5. The monoisotopic (exact) mass is 765 g/mol. The summed E-state index contributed by atoms with van der Waals surface area (Å²) in [5, 5.41) is 0.536. The maximum Gasteiger partial charge on any atom is 0.263 e. The van der Waals surface area contributed by atoms with E-state index < -0.39 is 16.6 Å². The number of methoxy groups -OCH3 is 1. The molecule has 4 heterocycles. The van der Waals surface area contributed by atoms with E-state index in [0.29, 0.717) is 30.0 Å². The molecule has 8 atom stereocenters. The van der Waals surface area contributed by atoms with Crippen molar-refractivity contribution in [2.45, 2.75) is 75.7 Å². The number of allylic oxidation sites excluding steroid dienone is 1. The number of anilines is 1. The van der Waals surface area contributed by atoms with Crippen molar-refractivity contribution in [3.8, 4) is 5.75 Å². The molecule has 0 radical (unpaired) electrons. The third kappa shape index (κ3) is 8.38. The summed E-state index contributed by atoms with van der Waals surface area (Å²) in [6.07, 6.45) is 9.62. The first kappa shape index (κ1) is 38.8. The molecule has 9 nitrogen and oxygen atoms in total. The topological polar surface area (TPSA) is 77.6 Å². The molecule has 11 heteroatoms. The Labute approximate surface area is 325 Å². The van der Waals surface area contributed by atoms with Crippen LogP contribution in [-0.4, -0.2) is 121 Å². The van der Waals surface area contributed by atoms with E-state index in [2.05, 4.69) is 69.5 Å². The lowest BCUT2D eigenvalue weighted by molar-refractivity contribution is -0.101. The summed E-state index contributed by atoms with van der Waals surface area (Å²) < 4.78 is 29.8. The molecule has 0 aromatic heterocycles. The molecule has 1 aliphatic carbocycles. The average Bonchev–Trinajstić information content (AvgIpc) is 3.31. The number of halogens is 1. The molecule has 290 valence electrons. The van der Waals surface area contributed by atoms with Gasteiger partial charge in [-0.15, -0.1) is 0 Å². The number of likely N-dealkylation sites (N-methyl/N-ethyl adjacent to an activating group) is 1. The van der Waals surface area contributed by atoms with Crippen LogP contribution in [0.2, 0.25) is 5.02 Å². The number of carbonyl (C=O) groups is 1. The number of rotatable bonds is 6. The van der Waals surface area contributed by atoms with Crippen molar-refractivity contribution in [3.05, 3.63) is 70.3 Å². The Kier molecular flexibility index (Phi) is 12.2. The number of hydrogen-bond donors (Lipinski definition) is 1. The summed E-state index contributed by atoms with van der Waals surface area (Å²) in [6.45, 7) is 15.9. The van der Waals surface area contributed by atoms with Gasteiger partial charge in [0.25, 0.3) is 5.91 Å².